The minimum atomic E-state index is -0.123. The molecule has 0 saturated carbocycles. The standard InChI is InChI=1S/C16H15N5O/c1-11-5-6-12(9-18-11)8-15(22)20-14-10-19-16(21-14)13-4-2-3-7-17-13/h2-7,9-10H,8H2,1H3,(H,19,21)(H,20,22). The smallest absolute Gasteiger partial charge is 0.229 e. The number of hydrogen-bond donors (Lipinski definition) is 2. The Morgan fingerprint density at radius 3 is 2.77 bits per heavy atom. The highest BCUT2D eigenvalue weighted by molar-refractivity contribution is 5.91. The summed E-state index contributed by atoms with van der Waals surface area (Å²) in [7, 11) is 0. The van der Waals surface area contributed by atoms with E-state index in [9.17, 15) is 4.79 Å². The molecule has 6 heteroatoms. The molecule has 0 radical (unpaired) electrons. The van der Waals surface area contributed by atoms with Crippen molar-refractivity contribution < 1.29 is 4.79 Å². The van der Waals surface area contributed by atoms with Gasteiger partial charge in [0.15, 0.2) is 5.82 Å². The number of aromatic amines is 1. The van der Waals surface area contributed by atoms with Gasteiger partial charge in [-0.05, 0) is 30.7 Å². The van der Waals surface area contributed by atoms with E-state index < -0.39 is 0 Å². The molecular formula is C16H15N5O. The first-order valence-corrected chi connectivity index (χ1v) is 6.88. The van der Waals surface area contributed by atoms with Crippen LogP contribution in [0.3, 0.4) is 0 Å². The summed E-state index contributed by atoms with van der Waals surface area (Å²) in [4.78, 5) is 27.6. The van der Waals surface area contributed by atoms with Gasteiger partial charge in [0.25, 0.3) is 0 Å². The maximum atomic E-state index is 12.0. The molecule has 0 fully saturated rings. The van der Waals surface area contributed by atoms with Gasteiger partial charge >= 0.3 is 0 Å². The van der Waals surface area contributed by atoms with E-state index >= 15 is 0 Å². The van der Waals surface area contributed by atoms with Gasteiger partial charge in [-0.3, -0.25) is 14.8 Å². The average Bonchev–Trinajstić information content (AvgIpc) is 2.99. The zero-order valence-corrected chi connectivity index (χ0v) is 12.1. The van der Waals surface area contributed by atoms with Crippen LogP contribution < -0.4 is 5.32 Å². The summed E-state index contributed by atoms with van der Waals surface area (Å²) in [5.74, 6) is 1.04. The highest BCUT2D eigenvalue weighted by Gasteiger charge is 2.08. The predicted octanol–water partition coefficient (Wildman–Crippen LogP) is 2.36. The molecule has 0 spiro atoms. The van der Waals surface area contributed by atoms with Gasteiger partial charge in [-0.15, -0.1) is 0 Å². The van der Waals surface area contributed by atoms with Crippen molar-refractivity contribution in [1.29, 1.82) is 0 Å². The van der Waals surface area contributed by atoms with Crippen LogP contribution in [0.15, 0.2) is 48.9 Å². The number of amides is 1. The second-order valence-electron chi connectivity index (χ2n) is 4.89. The molecule has 0 aliphatic rings. The number of carbonyl (C=O) groups is 1. The molecule has 0 aliphatic heterocycles. The number of anilines is 1. The van der Waals surface area contributed by atoms with E-state index in [1.54, 1.807) is 18.6 Å². The van der Waals surface area contributed by atoms with Crippen LogP contribution in [0.5, 0.6) is 0 Å². The molecule has 3 rings (SSSR count). The van der Waals surface area contributed by atoms with Crippen LogP contribution in [0.2, 0.25) is 0 Å². The van der Waals surface area contributed by atoms with Gasteiger partial charge in [-0.1, -0.05) is 12.1 Å². The van der Waals surface area contributed by atoms with Gasteiger partial charge in [0.05, 0.1) is 12.6 Å². The topological polar surface area (TPSA) is 83.6 Å². The summed E-state index contributed by atoms with van der Waals surface area (Å²) in [5, 5.41) is 2.78. The molecule has 6 nitrogen and oxygen atoms in total. The minimum Gasteiger partial charge on any atom is -0.323 e. The first-order chi connectivity index (χ1) is 10.7. The van der Waals surface area contributed by atoms with E-state index in [-0.39, 0.29) is 12.3 Å². The highest BCUT2D eigenvalue weighted by Crippen LogP contribution is 2.14. The Bertz CT molecular complexity index is 765. The third kappa shape index (κ3) is 3.35. The van der Waals surface area contributed by atoms with Crippen LogP contribution in [-0.4, -0.2) is 25.8 Å². The lowest BCUT2D eigenvalue weighted by atomic mass is 10.2. The average molecular weight is 293 g/mol. The predicted molar refractivity (Wildman–Crippen MR) is 83.1 cm³/mol. The Hall–Kier alpha value is -3.02. The SMILES string of the molecule is Cc1ccc(CC(=O)Nc2cnc(-c3ccccn3)[nH]2)cn1. The molecule has 3 aromatic rings. The maximum Gasteiger partial charge on any atom is 0.229 e. The molecule has 0 bridgehead atoms. The van der Waals surface area contributed by atoms with Gasteiger partial charge in [0, 0.05) is 18.1 Å². The summed E-state index contributed by atoms with van der Waals surface area (Å²) in [6, 6.07) is 9.35. The van der Waals surface area contributed by atoms with Crippen molar-refractivity contribution in [3.8, 4) is 11.5 Å². The summed E-state index contributed by atoms with van der Waals surface area (Å²) < 4.78 is 0. The number of aryl methyl sites for hydroxylation is 1. The number of nitrogens with zero attached hydrogens (tertiary/aromatic N) is 3. The van der Waals surface area contributed by atoms with Crippen molar-refractivity contribution in [3.63, 3.8) is 0 Å². The fourth-order valence-electron chi connectivity index (χ4n) is 2.00. The Balaban J connectivity index is 1.65. The monoisotopic (exact) mass is 293 g/mol. The van der Waals surface area contributed by atoms with Crippen LogP contribution in [-0.2, 0) is 11.2 Å². The number of hydrogen-bond acceptors (Lipinski definition) is 4. The van der Waals surface area contributed by atoms with Crippen molar-refractivity contribution in [2.75, 3.05) is 5.32 Å². The zero-order valence-electron chi connectivity index (χ0n) is 12.1. The maximum absolute atomic E-state index is 12.0. The number of aromatic nitrogens is 4. The number of pyridine rings is 2. The lowest BCUT2D eigenvalue weighted by molar-refractivity contribution is -0.115. The molecule has 3 aromatic heterocycles. The number of nitrogens with one attached hydrogen (secondary N) is 2. The van der Waals surface area contributed by atoms with Crippen molar-refractivity contribution in [1.82, 2.24) is 19.9 Å². The lowest BCUT2D eigenvalue weighted by Crippen LogP contribution is -2.14. The first kappa shape index (κ1) is 13.9. The molecule has 0 aliphatic carbocycles. The van der Waals surface area contributed by atoms with E-state index in [0.717, 1.165) is 17.0 Å². The summed E-state index contributed by atoms with van der Waals surface area (Å²) in [6.07, 6.45) is 5.25. The fraction of sp³-hybridized carbons (Fsp3) is 0.125. The molecule has 0 saturated heterocycles. The summed E-state index contributed by atoms with van der Waals surface area (Å²) in [6.45, 7) is 1.91. The number of imidazole rings is 1. The highest BCUT2D eigenvalue weighted by atomic mass is 16.1. The quantitative estimate of drug-likeness (QED) is 0.773. The van der Waals surface area contributed by atoms with Gasteiger partial charge in [-0.25, -0.2) is 4.98 Å². The molecule has 0 aromatic carbocycles. The Morgan fingerprint density at radius 2 is 2.05 bits per heavy atom. The molecule has 22 heavy (non-hydrogen) atoms. The largest absolute Gasteiger partial charge is 0.323 e. The van der Waals surface area contributed by atoms with E-state index in [0.29, 0.717) is 11.6 Å². The minimum absolute atomic E-state index is 0.123. The molecule has 1 amide bonds. The van der Waals surface area contributed by atoms with Gasteiger partial charge in [0.1, 0.15) is 11.5 Å². The van der Waals surface area contributed by atoms with Crippen molar-refractivity contribution in [3.05, 3.63) is 60.2 Å². The van der Waals surface area contributed by atoms with Crippen LogP contribution in [0.1, 0.15) is 11.3 Å². The number of H-pyrrole nitrogens is 1. The van der Waals surface area contributed by atoms with Crippen molar-refractivity contribution in [2.24, 2.45) is 0 Å². The second-order valence-corrected chi connectivity index (χ2v) is 4.89. The second kappa shape index (κ2) is 6.17. The number of rotatable bonds is 4. The van der Waals surface area contributed by atoms with E-state index in [4.69, 9.17) is 0 Å². The molecule has 0 atom stereocenters. The van der Waals surface area contributed by atoms with E-state index in [2.05, 4.69) is 25.3 Å². The third-order valence-electron chi connectivity index (χ3n) is 3.09. The van der Waals surface area contributed by atoms with Crippen LogP contribution in [0.25, 0.3) is 11.5 Å². The lowest BCUT2D eigenvalue weighted by Gasteiger charge is -2.03. The van der Waals surface area contributed by atoms with Gasteiger partial charge < -0.3 is 10.3 Å². The van der Waals surface area contributed by atoms with E-state index in [1.165, 1.54) is 0 Å². The Labute approximate surface area is 127 Å². The summed E-state index contributed by atoms with van der Waals surface area (Å²) in [5.41, 5.74) is 2.52. The molecule has 0 unspecified atom stereocenters. The summed E-state index contributed by atoms with van der Waals surface area (Å²) >= 11 is 0. The first-order valence-electron chi connectivity index (χ1n) is 6.88. The van der Waals surface area contributed by atoms with Crippen LogP contribution in [0, 0.1) is 6.92 Å². The molecule has 2 N–H and O–H groups in total. The number of carbonyl (C=O) groups excluding carboxylic acids is 1. The van der Waals surface area contributed by atoms with E-state index in [1.807, 2.05) is 37.3 Å². The Kier molecular flexibility index (Phi) is 3.91. The normalized spacial score (nSPS) is 10.4. The van der Waals surface area contributed by atoms with Crippen molar-refractivity contribution in [2.45, 2.75) is 13.3 Å². The zero-order chi connectivity index (χ0) is 15.4. The van der Waals surface area contributed by atoms with Crippen LogP contribution >= 0.6 is 0 Å². The molecular weight excluding hydrogens is 278 g/mol. The Morgan fingerprint density at radius 1 is 1.14 bits per heavy atom. The van der Waals surface area contributed by atoms with Crippen LogP contribution in [0.4, 0.5) is 5.82 Å². The fourth-order valence-corrected chi connectivity index (χ4v) is 2.00. The molecule has 3 heterocycles. The third-order valence-corrected chi connectivity index (χ3v) is 3.09. The molecule has 110 valence electrons. The van der Waals surface area contributed by atoms with Gasteiger partial charge in [-0.2, -0.15) is 0 Å². The van der Waals surface area contributed by atoms with Gasteiger partial charge in [0.2, 0.25) is 5.91 Å². The van der Waals surface area contributed by atoms with Crippen molar-refractivity contribution >= 4 is 11.7 Å².